The summed E-state index contributed by atoms with van der Waals surface area (Å²) in [7, 11) is 0. The summed E-state index contributed by atoms with van der Waals surface area (Å²) in [6.45, 7) is 0. The van der Waals surface area contributed by atoms with Crippen LogP contribution in [-0.2, 0) is 0 Å². The molecule has 5 rings (SSSR count). The zero-order chi connectivity index (χ0) is 20.9. The van der Waals surface area contributed by atoms with Gasteiger partial charge in [-0.3, -0.25) is 0 Å². The highest BCUT2D eigenvalue weighted by atomic mass is 19.3. The van der Waals surface area contributed by atoms with Gasteiger partial charge in [-0.15, -0.1) is 0 Å². The van der Waals surface area contributed by atoms with Crippen LogP contribution in [-0.4, -0.2) is 5.92 Å². The molecule has 1 aliphatic rings. The summed E-state index contributed by atoms with van der Waals surface area (Å²) >= 11 is 0. The van der Waals surface area contributed by atoms with E-state index in [0.29, 0.717) is 16.5 Å². The van der Waals surface area contributed by atoms with Gasteiger partial charge in [-0.25, -0.2) is 8.78 Å². The van der Waals surface area contributed by atoms with E-state index in [2.05, 4.69) is 0 Å². The number of alkyl halides is 2. The van der Waals surface area contributed by atoms with Crippen LogP contribution in [0, 0.1) is 5.82 Å². The molecular formula is C26H16F4. The van der Waals surface area contributed by atoms with Crippen LogP contribution >= 0.6 is 0 Å². The fourth-order valence-corrected chi connectivity index (χ4v) is 4.25. The van der Waals surface area contributed by atoms with Gasteiger partial charge in [0.05, 0.1) is 5.92 Å². The van der Waals surface area contributed by atoms with Gasteiger partial charge in [-0.2, -0.15) is 8.78 Å². The molecule has 0 amide bonds. The Balaban J connectivity index is 1.81. The summed E-state index contributed by atoms with van der Waals surface area (Å²) < 4.78 is 59.4. The Kier molecular flexibility index (Phi) is 4.24. The van der Waals surface area contributed by atoms with E-state index in [1.54, 1.807) is 36.4 Å². The van der Waals surface area contributed by atoms with E-state index in [-0.39, 0.29) is 16.5 Å². The van der Waals surface area contributed by atoms with Crippen molar-refractivity contribution in [3.8, 4) is 11.1 Å². The molecule has 4 aromatic rings. The molecule has 0 saturated carbocycles. The van der Waals surface area contributed by atoms with E-state index in [4.69, 9.17) is 0 Å². The van der Waals surface area contributed by atoms with Gasteiger partial charge >= 0.3 is 5.92 Å². The molecule has 1 aliphatic carbocycles. The van der Waals surface area contributed by atoms with Crippen LogP contribution in [0.2, 0.25) is 0 Å². The Hall–Kier alpha value is -3.40. The highest BCUT2D eigenvalue weighted by Gasteiger charge is 2.50. The minimum atomic E-state index is -3.72. The predicted molar refractivity (Wildman–Crippen MR) is 112 cm³/mol. The first kappa shape index (κ1) is 18.6. The second kappa shape index (κ2) is 6.84. The number of hydrogen-bond donors (Lipinski definition) is 0. The van der Waals surface area contributed by atoms with Gasteiger partial charge in [0, 0.05) is 5.39 Å². The first-order valence-corrected chi connectivity index (χ1v) is 9.59. The van der Waals surface area contributed by atoms with Crippen LogP contribution in [0.15, 0.2) is 90.8 Å². The molecule has 0 bridgehead atoms. The molecule has 0 spiro atoms. The molecular weight excluding hydrogens is 388 g/mol. The highest BCUT2D eigenvalue weighted by Crippen LogP contribution is 2.51. The van der Waals surface area contributed by atoms with Gasteiger partial charge in [0.15, 0.2) is 5.83 Å². The summed E-state index contributed by atoms with van der Waals surface area (Å²) in [5, 5.41) is 0.781. The molecule has 0 N–H and O–H groups in total. The van der Waals surface area contributed by atoms with Crippen molar-refractivity contribution in [3.63, 3.8) is 0 Å². The molecule has 148 valence electrons. The standard InChI is InChI=1S/C26H16F4/c27-23-12-6-9-17-13-22-18(14-21(17)23)15-24(28)26(29,30)25(22)20-11-5-4-10-19(20)16-7-2-1-3-8-16/h1-15,25H. The third-order valence-corrected chi connectivity index (χ3v) is 5.66. The third-order valence-electron chi connectivity index (χ3n) is 5.66. The average molecular weight is 404 g/mol. The fraction of sp³-hybridized carbons (Fsp3) is 0.0769. The second-order valence-corrected chi connectivity index (χ2v) is 7.44. The third kappa shape index (κ3) is 2.83. The van der Waals surface area contributed by atoms with Crippen molar-refractivity contribution >= 4 is 16.8 Å². The van der Waals surface area contributed by atoms with E-state index in [9.17, 15) is 8.78 Å². The lowest BCUT2D eigenvalue weighted by Gasteiger charge is -2.33. The molecule has 30 heavy (non-hydrogen) atoms. The average Bonchev–Trinajstić information content (AvgIpc) is 2.75. The van der Waals surface area contributed by atoms with Crippen LogP contribution in [0.5, 0.6) is 0 Å². The van der Waals surface area contributed by atoms with Crippen LogP contribution < -0.4 is 0 Å². The molecule has 1 atom stereocenters. The molecule has 0 fully saturated rings. The number of fused-ring (bicyclic) bond motifs is 2. The van der Waals surface area contributed by atoms with E-state index in [0.717, 1.165) is 11.6 Å². The van der Waals surface area contributed by atoms with Crippen LogP contribution in [0.25, 0.3) is 28.0 Å². The largest absolute Gasteiger partial charge is 0.309 e. The van der Waals surface area contributed by atoms with Crippen molar-refractivity contribution in [1.29, 1.82) is 0 Å². The van der Waals surface area contributed by atoms with Gasteiger partial charge < -0.3 is 0 Å². The maximum Gasteiger partial charge on any atom is 0.309 e. The smallest absolute Gasteiger partial charge is 0.206 e. The molecule has 0 heterocycles. The SMILES string of the molecule is FC1=Cc2cc3c(F)cccc3cc2C(c2ccccc2-c2ccccc2)C1(F)F. The summed E-state index contributed by atoms with van der Waals surface area (Å²) in [5.41, 5.74) is 2.26. The number of hydrogen-bond acceptors (Lipinski definition) is 0. The van der Waals surface area contributed by atoms with Gasteiger partial charge in [0.25, 0.3) is 0 Å². The van der Waals surface area contributed by atoms with Crippen LogP contribution in [0.3, 0.4) is 0 Å². The molecule has 0 aromatic heterocycles. The van der Waals surface area contributed by atoms with E-state index < -0.39 is 23.5 Å². The first-order valence-electron chi connectivity index (χ1n) is 9.59. The van der Waals surface area contributed by atoms with Crippen molar-refractivity contribution < 1.29 is 17.6 Å². The molecule has 0 aliphatic heterocycles. The Bertz CT molecular complexity index is 1290. The topological polar surface area (TPSA) is 0 Å². The van der Waals surface area contributed by atoms with Gasteiger partial charge in [-0.05, 0) is 57.5 Å². The van der Waals surface area contributed by atoms with Crippen molar-refractivity contribution in [2.24, 2.45) is 0 Å². The maximum atomic E-state index is 15.3. The van der Waals surface area contributed by atoms with Crippen molar-refractivity contribution in [1.82, 2.24) is 0 Å². The monoisotopic (exact) mass is 404 g/mol. The summed E-state index contributed by atoms with van der Waals surface area (Å²) in [4.78, 5) is 0. The number of rotatable bonds is 2. The normalized spacial score (nSPS) is 17.5. The molecule has 0 nitrogen and oxygen atoms in total. The molecule has 0 saturated heterocycles. The van der Waals surface area contributed by atoms with Crippen LogP contribution in [0.1, 0.15) is 22.6 Å². The van der Waals surface area contributed by atoms with Gasteiger partial charge in [-0.1, -0.05) is 66.7 Å². The Labute approximate surface area is 171 Å². The Morgan fingerprint density at radius 2 is 1.43 bits per heavy atom. The quantitative estimate of drug-likeness (QED) is 0.300. The minimum absolute atomic E-state index is 0.267. The molecule has 1 unspecified atom stereocenters. The number of benzene rings is 4. The van der Waals surface area contributed by atoms with Crippen LogP contribution in [0.4, 0.5) is 17.6 Å². The lowest BCUT2D eigenvalue weighted by Crippen LogP contribution is -2.31. The summed E-state index contributed by atoms with van der Waals surface area (Å²) in [6.07, 6.45) is 0.822. The fourth-order valence-electron chi connectivity index (χ4n) is 4.25. The minimum Gasteiger partial charge on any atom is -0.206 e. The van der Waals surface area contributed by atoms with E-state index in [1.807, 2.05) is 30.3 Å². The van der Waals surface area contributed by atoms with E-state index in [1.165, 1.54) is 18.2 Å². The summed E-state index contributed by atoms with van der Waals surface area (Å²) in [5.74, 6) is -7.23. The van der Waals surface area contributed by atoms with Gasteiger partial charge in [0.2, 0.25) is 0 Å². The van der Waals surface area contributed by atoms with Crippen molar-refractivity contribution in [3.05, 3.63) is 113 Å². The van der Waals surface area contributed by atoms with Crippen molar-refractivity contribution in [2.75, 3.05) is 0 Å². The van der Waals surface area contributed by atoms with E-state index >= 15 is 8.78 Å². The second-order valence-electron chi connectivity index (χ2n) is 7.44. The summed E-state index contributed by atoms with van der Waals surface area (Å²) in [6, 6.07) is 23.5. The zero-order valence-electron chi connectivity index (χ0n) is 15.7. The number of allylic oxidation sites excluding steroid dienone is 1. The Morgan fingerprint density at radius 3 is 2.23 bits per heavy atom. The first-order chi connectivity index (χ1) is 14.5. The van der Waals surface area contributed by atoms with Crippen molar-refractivity contribution in [2.45, 2.75) is 11.8 Å². The number of halogens is 4. The zero-order valence-corrected chi connectivity index (χ0v) is 15.7. The lowest BCUT2D eigenvalue weighted by atomic mass is 9.76. The molecule has 0 radical (unpaired) electrons. The highest BCUT2D eigenvalue weighted by molar-refractivity contribution is 5.88. The Morgan fingerprint density at radius 1 is 0.700 bits per heavy atom. The van der Waals surface area contributed by atoms with Gasteiger partial charge in [0.1, 0.15) is 5.82 Å². The molecule has 4 heteroatoms. The maximum absolute atomic E-state index is 15.3. The lowest BCUT2D eigenvalue weighted by molar-refractivity contribution is 0.00149. The molecule has 4 aromatic carbocycles. The predicted octanol–water partition coefficient (Wildman–Crippen LogP) is 7.74.